The van der Waals surface area contributed by atoms with Gasteiger partial charge in [0.15, 0.2) is 0 Å². The molecule has 1 saturated heterocycles. The molecule has 3 aromatic rings. The Hall–Kier alpha value is -3.93. The maximum atomic E-state index is 13.2. The van der Waals surface area contributed by atoms with Crippen molar-refractivity contribution in [3.8, 4) is 5.75 Å². The zero-order valence-electron chi connectivity index (χ0n) is 18.2. The van der Waals surface area contributed by atoms with Gasteiger partial charge in [-0.3, -0.25) is 14.6 Å². The number of aryl methyl sites for hydroxylation is 2. The van der Waals surface area contributed by atoms with E-state index < -0.39 is 17.7 Å². The first-order chi connectivity index (χ1) is 15.4. The number of amides is 1. The van der Waals surface area contributed by atoms with Crippen LogP contribution in [0.25, 0.3) is 5.76 Å². The van der Waals surface area contributed by atoms with Gasteiger partial charge in [0.25, 0.3) is 11.7 Å². The van der Waals surface area contributed by atoms with E-state index in [1.165, 1.54) is 4.90 Å². The third-order valence-electron chi connectivity index (χ3n) is 5.68. The van der Waals surface area contributed by atoms with Crippen molar-refractivity contribution in [3.05, 3.63) is 100 Å². The van der Waals surface area contributed by atoms with E-state index in [9.17, 15) is 14.7 Å². The van der Waals surface area contributed by atoms with Crippen molar-refractivity contribution in [1.82, 2.24) is 9.88 Å². The molecule has 1 amide bonds. The molecule has 4 rings (SSSR count). The van der Waals surface area contributed by atoms with E-state index in [0.29, 0.717) is 16.9 Å². The predicted octanol–water partition coefficient (Wildman–Crippen LogP) is 4.33. The Bertz CT molecular complexity index is 1220. The van der Waals surface area contributed by atoms with E-state index in [4.69, 9.17) is 4.74 Å². The number of carbonyl (C=O) groups excluding carboxylic acids is 2. The van der Waals surface area contributed by atoms with Crippen molar-refractivity contribution in [2.45, 2.75) is 26.4 Å². The lowest BCUT2D eigenvalue weighted by atomic mass is 9.94. The molecule has 0 aliphatic carbocycles. The molecule has 1 fully saturated rings. The topological polar surface area (TPSA) is 79.7 Å². The van der Waals surface area contributed by atoms with Gasteiger partial charge in [0.05, 0.1) is 18.7 Å². The number of methoxy groups -OCH3 is 1. The molecule has 2 aromatic carbocycles. The highest BCUT2D eigenvalue weighted by Crippen LogP contribution is 2.40. The summed E-state index contributed by atoms with van der Waals surface area (Å²) in [6.45, 7) is 3.96. The number of carbonyl (C=O) groups is 2. The van der Waals surface area contributed by atoms with Crippen molar-refractivity contribution < 1.29 is 19.4 Å². The van der Waals surface area contributed by atoms with E-state index in [0.717, 1.165) is 16.7 Å². The second-order valence-electron chi connectivity index (χ2n) is 7.88. The van der Waals surface area contributed by atoms with Crippen molar-refractivity contribution in [1.29, 1.82) is 0 Å². The number of ketones is 1. The van der Waals surface area contributed by atoms with Crippen LogP contribution in [-0.4, -0.2) is 33.8 Å². The monoisotopic (exact) mass is 428 g/mol. The number of ether oxygens (including phenoxy) is 1. The van der Waals surface area contributed by atoms with E-state index in [-0.39, 0.29) is 17.9 Å². The van der Waals surface area contributed by atoms with Crippen LogP contribution < -0.4 is 4.74 Å². The van der Waals surface area contributed by atoms with Crippen molar-refractivity contribution in [3.63, 3.8) is 0 Å². The van der Waals surface area contributed by atoms with Gasteiger partial charge >= 0.3 is 0 Å². The molecule has 0 saturated carbocycles. The average Bonchev–Trinajstić information content (AvgIpc) is 3.06. The molecule has 1 N–H and O–H groups in total. The minimum absolute atomic E-state index is 0.0691. The smallest absolute Gasteiger partial charge is 0.295 e. The highest BCUT2D eigenvalue weighted by Gasteiger charge is 2.46. The molecule has 0 spiro atoms. The van der Waals surface area contributed by atoms with E-state index >= 15 is 0 Å². The van der Waals surface area contributed by atoms with Crippen LogP contribution in [0.2, 0.25) is 0 Å². The highest BCUT2D eigenvalue weighted by atomic mass is 16.5. The molecular weight excluding hydrogens is 404 g/mol. The summed E-state index contributed by atoms with van der Waals surface area (Å²) in [5.74, 6) is -0.882. The van der Waals surface area contributed by atoms with E-state index in [1.54, 1.807) is 31.6 Å². The molecule has 6 nitrogen and oxygen atoms in total. The fraction of sp³-hybridized carbons (Fsp3) is 0.192. The SMILES string of the molecule is COc1cccc(CN2C(=O)C(=O)/C(=C(/O)c3cc(C)ccc3C)C2c2cccnc2)c1. The normalized spacial score (nSPS) is 17.6. The van der Waals surface area contributed by atoms with Gasteiger partial charge < -0.3 is 14.7 Å². The number of nitrogens with zero attached hydrogens (tertiary/aromatic N) is 2. The van der Waals surface area contributed by atoms with Crippen molar-refractivity contribution in [2.24, 2.45) is 0 Å². The van der Waals surface area contributed by atoms with Gasteiger partial charge in [-0.15, -0.1) is 0 Å². The van der Waals surface area contributed by atoms with Gasteiger partial charge in [-0.25, -0.2) is 0 Å². The molecular formula is C26H24N2O4. The number of rotatable bonds is 5. The number of aromatic nitrogens is 1. The second kappa shape index (κ2) is 8.67. The largest absolute Gasteiger partial charge is 0.507 e. The molecule has 1 aliphatic rings. The number of hydrogen-bond donors (Lipinski definition) is 1. The standard InChI is InChI=1S/C26H24N2O4/c1-16-9-10-17(2)21(12-16)24(29)22-23(19-7-5-11-27-14-19)28(26(31)25(22)30)15-18-6-4-8-20(13-18)32-3/h4-14,23,29H,15H2,1-3H3/b24-22+. The lowest BCUT2D eigenvalue weighted by Crippen LogP contribution is -2.29. The Labute approximate surface area is 186 Å². The number of likely N-dealkylation sites (tertiary alicyclic amines) is 1. The maximum Gasteiger partial charge on any atom is 0.295 e. The maximum absolute atomic E-state index is 13.2. The number of aliphatic hydroxyl groups excluding tert-OH is 1. The minimum atomic E-state index is -0.755. The van der Waals surface area contributed by atoms with E-state index in [2.05, 4.69) is 4.98 Å². The minimum Gasteiger partial charge on any atom is -0.507 e. The van der Waals surface area contributed by atoms with Gasteiger partial charge in [0, 0.05) is 24.5 Å². The fourth-order valence-corrected chi connectivity index (χ4v) is 4.03. The van der Waals surface area contributed by atoms with Gasteiger partial charge in [-0.1, -0.05) is 35.9 Å². The highest BCUT2D eigenvalue weighted by molar-refractivity contribution is 6.46. The zero-order chi connectivity index (χ0) is 22.8. The Balaban J connectivity index is 1.87. The summed E-state index contributed by atoms with van der Waals surface area (Å²) in [7, 11) is 1.57. The summed E-state index contributed by atoms with van der Waals surface area (Å²) >= 11 is 0. The van der Waals surface area contributed by atoms with E-state index in [1.807, 2.05) is 56.3 Å². The molecule has 1 atom stereocenters. The van der Waals surface area contributed by atoms with Crippen LogP contribution >= 0.6 is 0 Å². The van der Waals surface area contributed by atoms with Gasteiger partial charge in [-0.2, -0.15) is 0 Å². The average molecular weight is 428 g/mol. The summed E-state index contributed by atoms with van der Waals surface area (Å²) < 4.78 is 5.29. The first-order valence-electron chi connectivity index (χ1n) is 10.3. The number of benzene rings is 2. The predicted molar refractivity (Wildman–Crippen MR) is 121 cm³/mol. The van der Waals surface area contributed by atoms with Gasteiger partial charge in [-0.05, 0) is 54.8 Å². The molecule has 1 unspecified atom stereocenters. The number of aliphatic hydroxyl groups is 1. The van der Waals surface area contributed by atoms with Crippen LogP contribution in [0.5, 0.6) is 5.75 Å². The van der Waals surface area contributed by atoms with Crippen molar-refractivity contribution >= 4 is 17.4 Å². The Kier molecular flexibility index (Phi) is 5.77. The van der Waals surface area contributed by atoms with Crippen LogP contribution in [0, 0.1) is 13.8 Å². The number of hydrogen-bond acceptors (Lipinski definition) is 5. The number of Topliss-reactive ketones (excluding diaryl/α,β-unsaturated/α-hetero) is 1. The number of pyridine rings is 1. The van der Waals surface area contributed by atoms with Gasteiger partial charge in [0.2, 0.25) is 0 Å². The molecule has 1 aliphatic heterocycles. The lowest BCUT2D eigenvalue weighted by molar-refractivity contribution is -0.140. The third-order valence-corrected chi connectivity index (χ3v) is 5.68. The summed E-state index contributed by atoms with van der Waals surface area (Å²) in [5.41, 5.74) is 3.84. The molecule has 162 valence electrons. The summed E-state index contributed by atoms with van der Waals surface area (Å²) in [4.78, 5) is 31.9. The zero-order valence-corrected chi connectivity index (χ0v) is 18.2. The molecule has 32 heavy (non-hydrogen) atoms. The van der Waals surface area contributed by atoms with Crippen LogP contribution in [0.15, 0.2) is 72.6 Å². The van der Waals surface area contributed by atoms with Crippen LogP contribution in [0.3, 0.4) is 0 Å². The Morgan fingerprint density at radius 2 is 1.91 bits per heavy atom. The van der Waals surface area contributed by atoms with Crippen LogP contribution in [0.1, 0.15) is 33.9 Å². The molecule has 0 bridgehead atoms. The first-order valence-corrected chi connectivity index (χ1v) is 10.3. The van der Waals surface area contributed by atoms with Crippen LogP contribution in [0.4, 0.5) is 0 Å². The van der Waals surface area contributed by atoms with Gasteiger partial charge in [0.1, 0.15) is 11.5 Å². The third kappa shape index (κ3) is 3.87. The van der Waals surface area contributed by atoms with Crippen molar-refractivity contribution in [2.75, 3.05) is 7.11 Å². The summed E-state index contributed by atoms with van der Waals surface area (Å²) in [5, 5.41) is 11.3. The second-order valence-corrected chi connectivity index (χ2v) is 7.88. The summed E-state index contributed by atoms with van der Waals surface area (Å²) in [6, 6.07) is 15.8. The first kappa shape index (κ1) is 21.3. The quantitative estimate of drug-likeness (QED) is 0.372. The molecule has 2 heterocycles. The fourth-order valence-electron chi connectivity index (χ4n) is 4.03. The Morgan fingerprint density at radius 1 is 1.09 bits per heavy atom. The lowest BCUT2D eigenvalue weighted by Gasteiger charge is -2.25. The Morgan fingerprint density at radius 3 is 2.62 bits per heavy atom. The van der Waals surface area contributed by atoms with Crippen LogP contribution in [-0.2, 0) is 16.1 Å². The molecule has 1 aromatic heterocycles. The summed E-state index contributed by atoms with van der Waals surface area (Å²) in [6.07, 6.45) is 3.24. The molecule has 0 radical (unpaired) electrons. The molecule has 6 heteroatoms.